The average molecular weight is 380 g/mol. The maximum absolute atomic E-state index is 13.3. The Bertz CT molecular complexity index is 769. The first-order valence-corrected chi connectivity index (χ1v) is 9.96. The molecule has 1 fully saturated rings. The third kappa shape index (κ3) is 5.20. The van der Waals surface area contributed by atoms with Gasteiger partial charge in [-0.05, 0) is 23.6 Å². The Balaban J connectivity index is 1.72. The third-order valence-electron chi connectivity index (χ3n) is 5.00. The lowest BCUT2D eigenvalue weighted by Crippen LogP contribution is -2.52. The van der Waals surface area contributed by atoms with Gasteiger partial charge in [0.15, 0.2) is 0 Å². The van der Waals surface area contributed by atoms with E-state index in [-0.39, 0.29) is 11.8 Å². The fraction of sp³-hybridized carbons (Fsp3) is 0.391. The number of rotatable bonds is 6. The zero-order valence-corrected chi connectivity index (χ0v) is 16.7. The number of benzene rings is 2. The zero-order chi connectivity index (χ0) is 19.9. The van der Waals surface area contributed by atoms with Crippen LogP contribution in [-0.4, -0.2) is 54.3 Å². The van der Waals surface area contributed by atoms with Gasteiger partial charge in [0.2, 0.25) is 5.91 Å². The molecular formula is C23H29N3O2. The van der Waals surface area contributed by atoms with Crippen LogP contribution >= 0.6 is 0 Å². The second kappa shape index (κ2) is 9.51. The molecule has 1 unspecified atom stereocenters. The lowest BCUT2D eigenvalue weighted by molar-refractivity contribution is -0.135. The minimum atomic E-state index is -0.675. The van der Waals surface area contributed by atoms with E-state index in [2.05, 4.69) is 24.1 Å². The van der Waals surface area contributed by atoms with Crippen LogP contribution in [0.4, 0.5) is 0 Å². The summed E-state index contributed by atoms with van der Waals surface area (Å²) in [6.07, 6.45) is 0. The van der Waals surface area contributed by atoms with Crippen molar-refractivity contribution in [3.63, 3.8) is 0 Å². The predicted octanol–water partition coefficient (Wildman–Crippen LogP) is 2.96. The summed E-state index contributed by atoms with van der Waals surface area (Å²) in [6.45, 7) is 8.60. The normalized spacial score (nSPS) is 16.0. The molecule has 1 aliphatic heterocycles. The van der Waals surface area contributed by atoms with Crippen molar-refractivity contribution in [1.29, 1.82) is 0 Å². The molecule has 1 aliphatic rings. The number of hydrogen-bond acceptors (Lipinski definition) is 3. The quantitative estimate of drug-likeness (QED) is 0.840. The van der Waals surface area contributed by atoms with Crippen LogP contribution in [0.25, 0.3) is 0 Å². The van der Waals surface area contributed by atoms with E-state index in [0.29, 0.717) is 24.6 Å². The number of nitrogens with one attached hydrogen (secondary N) is 1. The van der Waals surface area contributed by atoms with Gasteiger partial charge in [0.05, 0.1) is 0 Å². The minimum Gasteiger partial charge on any atom is -0.338 e. The molecule has 3 rings (SSSR count). The van der Waals surface area contributed by atoms with E-state index in [1.165, 1.54) is 0 Å². The zero-order valence-electron chi connectivity index (χ0n) is 16.7. The van der Waals surface area contributed by atoms with Gasteiger partial charge in [-0.3, -0.25) is 14.5 Å². The van der Waals surface area contributed by atoms with Crippen molar-refractivity contribution in [2.75, 3.05) is 32.7 Å². The Hall–Kier alpha value is -2.66. The molecule has 1 saturated heterocycles. The molecule has 28 heavy (non-hydrogen) atoms. The van der Waals surface area contributed by atoms with Crippen LogP contribution in [0, 0.1) is 5.92 Å². The predicted molar refractivity (Wildman–Crippen MR) is 111 cm³/mol. The average Bonchev–Trinajstić information content (AvgIpc) is 2.73. The van der Waals surface area contributed by atoms with Gasteiger partial charge in [0, 0.05) is 38.3 Å². The summed E-state index contributed by atoms with van der Waals surface area (Å²) >= 11 is 0. The SMILES string of the molecule is CC(C)CN1CCN(C(=O)C(NC(=O)c2ccccc2)c2ccccc2)CC1. The topological polar surface area (TPSA) is 52.6 Å². The summed E-state index contributed by atoms with van der Waals surface area (Å²) in [7, 11) is 0. The first-order valence-electron chi connectivity index (χ1n) is 9.96. The molecule has 1 heterocycles. The van der Waals surface area contributed by atoms with Gasteiger partial charge in [0.25, 0.3) is 5.91 Å². The number of hydrogen-bond donors (Lipinski definition) is 1. The van der Waals surface area contributed by atoms with Gasteiger partial charge in [-0.25, -0.2) is 0 Å². The first kappa shape index (κ1) is 20.1. The Morgan fingerprint density at radius 1 is 0.893 bits per heavy atom. The molecule has 0 spiro atoms. The second-order valence-corrected chi connectivity index (χ2v) is 7.70. The van der Waals surface area contributed by atoms with Crippen LogP contribution in [0.15, 0.2) is 60.7 Å². The largest absolute Gasteiger partial charge is 0.338 e. The summed E-state index contributed by atoms with van der Waals surface area (Å²) in [5.41, 5.74) is 1.36. The Kier molecular flexibility index (Phi) is 6.82. The fourth-order valence-corrected chi connectivity index (χ4v) is 3.59. The summed E-state index contributed by atoms with van der Waals surface area (Å²) < 4.78 is 0. The molecule has 0 aromatic heterocycles. The summed E-state index contributed by atoms with van der Waals surface area (Å²) in [6, 6.07) is 17.8. The van der Waals surface area contributed by atoms with Crippen LogP contribution in [0.5, 0.6) is 0 Å². The van der Waals surface area contributed by atoms with Crippen molar-refractivity contribution in [3.05, 3.63) is 71.8 Å². The highest BCUT2D eigenvalue weighted by Crippen LogP contribution is 2.18. The van der Waals surface area contributed by atoms with Crippen LogP contribution in [-0.2, 0) is 4.79 Å². The van der Waals surface area contributed by atoms with Crippen LogP contribution in [0.1, 0.15) is 35.8 Å². The van der Waals surface area contributed by atoms with E-state index < -0.39 is 6.04 Å². The van der Waals surface area contributed by atoms with E-state index in [1.54, 1.807) is 12.1 Å². The van der Waals surface area contributed by atoms with Crippen molar-refractivity contribution in [3.8, 4) is 0 Å². The third-order valence-corrected chi connectivity index (χ3v) is 5.00. The molecule has 5 heteroatoms. The van der Waals surface area contributed by atoms with E-state index in [4.69, 9.17) is 0 Å². The molecule has 0 aliphatic carbocycles. The van der Waals surface area contributed by atoms with Crippen molar-refractivity contribution in [2.45, 2.75) is 19.9 Å². The summed E-state index contributed by atoms with van der Waals surface area (Å²) in [4.78, 5) is 30.3. The van der Waals surface area contributed by atoms with Gasteiger partial charge in [-0.15, -0.1) is 0 Å². The Morgan fingerprint density at radius 2 is 1.46 bits per heavy atom. The Labute approximate surface area is 167 Å². The van der Waals surface area contributed by atoms with E-state index in [0.717, 1.165) is 25.2 Å². The highest BCUT2D eigenvalue weighted by atomic mass is 16.2. The molecule has 1 N–H and O–H groups in total. The molecule has 1 atom stereocenters. The molecule has 0 radical (unpaired) electrons. The number of carbonyl (C=O) groups is 2. The smallest absolute Gasteiger partial charge is 0.252 e. The number of nitrogens with zero attached hydrogens (tertiary/aromatic N) is 2. The number of amides is 2. The van der Waals surface area contributed by atoms with Gasteiger partial charge in [0.1, 0.15) is 6.04 Å². The molecule has 148 valence electrons. The summed E-state index contributed by atoms with van der Waals surface area (Å²) in [5, 5.41) is 2.95. The minimum absolute atomic E-state index is 0.0420. The standard InChI is InChI=1S/C23H29N3O2/c1-18(2)17-25-13-15-26(16-14-25)23(28)21(19-9-5-3-6-10-19)24-22(27)20-11-7-4-8-12-20/h3-12,18,21H,13-17H2,1-2H3,(H,24,27). The molecule has 2 amide bonds. The molecule has 2 aromatic rings. The van der Waals surface area contributed by atoms with Gasteiger partial charge >= 0.3 is 0 Å². The fourth-order valence-electron chi connectivity index (χ4n) is 3.59. The number of carbonyl (C=O) groups excluding carboxylic acids is 2. The Morgan fingerprint density at radius 3 is 2.04 bits per heavy atom. The molecule has 5 nitrogen and oxygen atoms in total. The van der Waals surface area contributed by atoms with Crippen molar-refractivity contribution < 1.29 is 9.59 Å². The highest BCUT2D eigenvalue weighted by Gasteiger charge is 2.30. The lowest BCUT2D eigenvalue weighted by Gasteiger charge is -2.37. The highest BCUT2D eigenvalue weighted by molar-refractivity contribution is 5.97. The monoisotopic (exact) mass is 379 g/mol. The van der Waals surface area contributed by atoms with E-state index >= 15 is 0 Å². The van der Waals surface area contributed by atoms with Gasteiger partial charge < -0.3 is 10.2 Å². The van der Waals surface area contributed by atoms with Crippen molar-refractivity contribution >= 4 is 11.8 Å². The molecule has 0 saturated carbocycles. The second-order valence-electron chi connectivity index (χ2n) is 7.70. The van der Waals surface area contributed by atoms with Crippen LogP contribution < -0.4 is 5.32 Å². The lowest BCUT2D eigenvalue weighted by atomic mass is 10.0. The molecular weight excluding hydrogens is 350 g/mol. The van der Waals surface area contributed by atoms with Crippen molar-refractivity contribution in [1.82, 2.24) is 15.1 Å². The van der Waals surface area contributed by atoms with E-state index in [1.807, 2.05) is 53.4 Å². The van der Waals surface area contributed by atoms with Crippen LogP contribution in [0.3, 0.4) is 0 Å². The van der Waals surface area contributed by atoms with E-state index in [9.17, 15) is 9.59 Å². The van der Waals surface area contributed by atoms with Gasteiger partial charge in [-0.2, -0.15) is 0 Å². The summed E-state index contributed by atoms with van der Waals surface area (Å²) in [5.74, 6) is 0.338. The van der Waals surface area contributed by atoms with Crippen LogP contribution in [0.2, 0.25) is 0 Å². The number of piperazine rings is 1. The molecule has 2 aromatic carbocycles. The molecule has 0 bridgehead atoms. The maximum Gasteiger partial charge on any atom is 0.252 e. The van der Waals surface area contributed by atoms with Crippen molar-refractivity contribution in [2.24, 2.45) is 5.92 Å². The maximum atomic E-state index is 13.3. The van der Waals surface area contributed by atoms with Gasteiger partial charge in [-0.1, -0.05) is 62.4 Å². The first-order chi connectivity index (χ1) is 13.5.